The average molecular weight is 203 g/mol. The van der Waals surface area contributed by atoms with E-state index in [9.17, 15) is 0 Å². The summed E-state index contributed by atoms with van der Waals surface area (Å²) in [6, 6.07) is 5.36. The fourth-order valence-corrected chi connectivity index (χ4v) is 1.51. The molecule has 0 fully saturated rings. The number of nitrogens with two attached hydrogens (primary N) is 1. The number of hydrogen-bond donors (Lipinski definition) is 1. The van der Waals surface area contributed by atoms with Gasteiger partial charge >= 0.3 is 0 Å². The Morgan fingerprint density at radius 1 is 1.33 bits per heavy atom. The van der Waals surface area contributed by atoms with Crippen LogP contribution in [0.1, 0.15) is 28.8 Å². The molecule has 1 unspecified atom stereocenters. The molecule has 0 radical (unpaired) electrons. The summed E-state index contributed by atoms with van der Waals surface area (Å²) < 4.78 is 5.27. The molecule has 2 rings (SSSR count). The van der Waals surface area contributed by atoms with Crippen molar-refractivity contribution in [2.45, 2.75) is 19.9 Å². The van der Waals surface area contributed by atoms with Crippen LogP contribution in [0.2, 0.25) is 0 Å². The highest BCUT2D eigenvalue weighted by Crippen LogP contribution is 2.21. The van der Waals surface area contributed by atoms with Crippen molar-refractivity contribution in [3.63, 3.8) is 0 Å². The predicted molar refractivity (Wildman–Crippen MR) is 56.2 cm³/mol. The van der Waals surface area contributed by atoms with Crippen LogP contribution in [-0.2, 0) is 0 Å². The van der Waals surface area contributed by atoms with Gasteiger partial charge in [-0.2, -0.15) is 10.2 Å². The first-order valence-electron chi connectivity index (χ1n) is 4.78. The molecule has 2 heterocycles. The SMILES string of the molecule is Cc1cc(C(N)c2ccco2)c(C)nn1. The Balaban J connectivity index is 2.41. The van der Waals surface area contributed by atoms with Gasteiger partial charge in [0, 0.05) is 5.56 Å². The van der Waals surface area contributed by atoms with Crippen LogP contribution in [0.4, 0.5) is 0 Å². The minimum atomic E-state index is -0.269. The smallest absolute Gasteiger partial charge is 0.125 e. The van der Waals surface area contributed by atoms with Crippen LogP contribution in [-0.4, -0.2) is 10.2 Å². The molecular weight excluding hydrogens is 190 g/mol. The molecule has 2 N–H and O–H groups in total. The molecule has 0 saturated heterocycles. The van der Waals surface area contributed by atoms with Gasteiger partial charge in [-0.1, -0.05) is 0 Å². The minimum Gasteiger partial charge on any atom is -0.467 e. The maximum atomic E-state index is 6.07. The Labute approximate surface area is 88.1 Å². The summed E-state index contributed by atoms with van der Waals surface area (Å²) in [6.07, 6.45) is 1.62. The Bertz CT molecular complexity index is 451. The van der Waals surface area contributed by atoms with Crippen molar-refractivity contribution in [3.05, 3.63) is 47.2 Å². The minimum absolute atomic E-state index is 0.269. The van der Waals surface area contributed by atoms with Crippen molar-refractivity contribution in [3.8, 4) is 0 Å². The van der Waals surface area contributed by atoms with Gasteiger partial charge in [-0.15, -0.1) is 0 Å². The highest BCUT2D eigenvalue weighted by Gasteiger charge is 2.15. The first-order valence-corrected chi connectivity index (χ1v) is 4.78. The molecule has 1 atom stereocenters. The quantitative estimate of drug-likeness (QED) is 0.807. The molecular formula is C11H13N3O. The zero-order valence-electron chi connectivity index (χ0n) is 8.77. The normalized spacial score (nSPS) is 12.7. The molecule has 4 heteroatoms. The number of hydrogen-bond acceptors (Lipinski definition) is 4. The van der Waals surface area contributed by atoms with Crippen LogP contribution >= 0.6 is 0 Å². The van der Waals surface area contributed by atoms with Crippen LogP contribution < -0.4 is 5.73 Å². The van der Waals surface area contributed by atoms with Crippen LogP contribution in [0, 0.1) is 13.8 Å². The summed E-state index contributed by atoms with van der Waals surface area (Å²) >= 11 is 0. The van der Waals surface area contributed by atoms with Crippen LogP contribution in [0.25, 0.3) is 0 Å². The van der Waals surface area contributed by atoms with Gasteiger partial charge in [0.15, 0.2) is 0 Å². The zero-order chi connectivity index (χ0) is 10.8. The fourth-order valence-electron chi connectivity index (χ4n) is 1.51. The van der Waals surface area contributed by atoms with Gasteiger partial charge in [0.2, 0.25) is 0 Å². The third-order valence-corrected chi connectivity index (χ3v) is 2.32. The lowest BCUT2D eigenvalue weighted by molar-refractivity contribution is 0.488. The second kappa shape index (κ2) is 3.82. The van der Waals surface area contributed by atoms with E-state index in [1.165, 1.54) is 0 Å². The largest absolute Gasteiger partial charge is 0.467 e. The van der Waals surface area contributed by atoms with E-state index in [-0.39, 0.29) is 6.04 Å². The van der Waals surface area contributed by atoms with Gasteiger partial charge < -0.3 is 10.2 Å². The lowest BCUT2D eigenvalue weighted by Crippen LogP contribution is -2.14. The number of aromatic nitrogens is 2. The fraction of sp³-hybridized carbons (Fsp3) is 0.273. The topological polar surface area (TPSA) is 64.9 Å². The molecule has 2 aromatic heterocycles. The summed E-state index contributed by atoms with van der Waals surface area (Å²) in [5, 5.41) is 8.00. The summed E-state index contributed by atoms with van der Waals surface area (Å²) in [4.78, 5) is 0. The molecule has 0 aromatic carbocycles. The standard InChI is InChI=1S/C11H13N3O/c1-7-6-9(8(2)14-13-7)11(12)10-4-3-5-15-10/h3-6,11H,12H2,1-2H3. The van der Waals surface area contributed by atoms with Crippen molar-refractivity contribution < 1.29 is 4.42 Å². The Kier molecular flexibility index (Phi) is 2.51. The monoisotopic (exact) mass is 203 g/mol. The van der Waals surface area contributed by atoms with E-state index in [1.54, 1.807) is 6.26 Å². The molecule has 0 bridgehead atoms. The molecule has 2 aromatic rings. The highest BCUT2D eigenvalue weighted by atomic mass is 16.3. The zero-order valence-corrected chi connectivity index (χ0v) is 8.77. The maximum Gasteiger partial charge on any atom is 0.125 e. The van der Waals surface area contributed by atoms with E-state index in [0.29, 0.717) is 0 Å². The summed E-state index contributed by atoms with van der Waals surface area (Å²) in [5.41, 5.74) is 8.72. The van der Waals surface area contributed by atoms with E-state index >= 15 is 0 Å². The third-order valence-electron chi connectivity index (χ3n) is 2.32. The maximum absolute atomic E-state index is 6.07. The van der Waals surface area contributed by atoms with Gasteiger partial charge in [-0.3, -0.25) is 0 Å². The second-order valence-electron chi connectivity index (χ2n) is 3.52. The molecule has 0 aliphatic carbocycles. The molecule has 0 amide bonds. The van der Waals surface area contributed by atoms with Crippen LogP contribution in [0.5, 0.6) is 0 Å². The molecule has 0 aliphatic heterocycles. The van der Waals surface area contributed by atoms with E-state index in [2.05, 4.69) is 10.2 Å². The predicted octanol–water partition coefficient (Wildman–Crippen LogP) is 1.73. The molecule has 78 valence electrons. The summed E-state index contributed by atoms with van der Waals surface area (Å²) in [5.74, 6) is 0.741. The second-order valence-corrected chi connectivity index (χ2v) is 3.52. The molecule has 4 nitrogen and oxygen atoms in total. The number of rotatable bonds is 2. The van der Waals surface area contributed by atoms with Crippen LogP contribution in [0.3, 0.4) is 0 Å². The summed E-state index contributed by atoms with van der Waals surface area (Å²) in [7, 11) is 0. The van der Waals surface area contributed by atoms with Crippen molar-refractivity contribution in [2.24, 2.45) is 5.73 Å². The molecule has 0 spiro atoms. The molecule has 15 heavy (non-hydrogen) atoms. The summed E-state index contributed by atoms with van der Waals surface area (Å²) in [6.45, 7) is 3.79. The lowest BCUT2D eigenvalue weighted by atomic mass is 10.0. The number of furan rings is 1. The number of nitrogens with zero attached hydrogens (tertiary/aromatic N) is 2. The van der Waals surface area contributed by atoms with Gasteiger partial charge in [-0.05, 0) is 32.0 Å². The highest BCUT2D eigenvalue weighted by molar-refractivity contribution is 5.29. The first kappa shape index (κ1) is 9.86. The van der Waals surface area contributed by atoms with Crippen molar-refractivity contribution in [2.75, 3.05) is 0 Å². The van der Waals surface area contributed by atoms with E-state index in [4.69, 9.17) is 10.2 Å². The third kappa shape index (κ3) is 1.89. The van der Waals surface area contributed by atoms with E-state index < -0.39 is 0 Å². The van der Waals surface area contributed by atoms with Crippen molar-refractivity contribution >= 4 is 0 Å². The van der Waals surface area contributed by atoms with Gasteiger partial charge in [0.1, 0.15) is 5.76 Å². The van der Waals surface area contributed by atoms with Crippen molar-refractivity contribution in [1.29, 1.82) is 0 Å². The van der Waals surface area contributed by atoms with Gasteiger partial charge in [0.05, 0.1) is 23.7 Å². The van der Waals surface area contributed by atoms with Crippen molar-refractivity contribution in [1.82, 2.24) is 10.2 Å². The van der Waals surface area contributed by atoms with Gasteiger partial charge in [0.25, 0.3) is 0 Å². The average Bonchev–Trinajstić information content (AvgIpc) is 2.74. The molecule has 0 saturated carbocycles. The van der Waals surface area contributed by atoms with Crippen LogP contribution in [0.15, 0.2) is 28.9 Å². The van der Waals surface area contributed by atoms with E-state index in [1.807, 2.05) is 32.0 Å². The Hall–Kier alpha value is -1.68. The molecule has 0 aliphatic rings. The van der Waals surface area contributed by atoms with E-state index in [0.717, 1.165) is 22.7 Å². The first-order chi connectivity index (χ1) is 7.18. The Morgan fingerprint density at radius 3 is 2.80 bits per heavy atom. The Morgan fingerprint density at radius 2 is 2.13 bits per heavy atom. The lowest BCUT2D eigenvalue weighted by Gasteiger charge is -2.11. The van der Waals surface area contributed by atoms with Gasteiger partial charge in [-0.25, -0.2) is 0 Å². The number of aryl methyl sites for hydroxylation is 2.